The van der Waals surface area contributed by atoms with Crippen LogP contribution in [-0.4, -0.2) is 39.6 Å². The molecule has 23 heavy (non-hydrogen) atoms. The van der Waals surface area contributed by atoms with Gasteiger partial charge in [-0.25, -0.2) is 4.98 Å². The van der Waals surface area contributed by atoms with Crippen molar-refractivity contribution in [2.45, 2.75) is 6.42 Å². The Kier molecular flexibility index (Phi) is 4.75. The van der Waals surface area contributed by atoms with Crippen LogP contribution < -0.4 is 10.2 Å². The number of fused-ring (bicyclic) bond motifs is 1. The van der Waals surface area contributed by atoms with Crippen LogP contribution in [0.25, 0.3) is 5.78 Å². The molecule has 2 aromatic heterocycles. The molecule has 118 valence electrons. The van der Waals surface area contributed by atoms with Crippen molar-refractivity contribution in [3.8, 4) is 5.75 Å². The Hall–Kier alpha value is -3.00. The summed E-state index contributed by atoms with van der Waals surface area (Å²) in [6.07, 6.45) is 3.74. The first kappa shape index (κ1) is 14.9. The zero-order valence-electron chi connectivity index (χ0n) is 12.6. The van der Waals surface area contributed by atoms with Gasteiger partial charge in [-0.15, -0.1) is 5.10 Å². The Morgan fingerprint density at radius 1 is 1.26 bits per heavy atom. The Morgan fingerprint density at radius 2 is 2.13 bits per heavy atom. The van der Waals surface area contributed by atoms with Crippen LogP contribution in [0.2, 0.25) is 0 Å². The highest BCUT2D eigenvalue weighted by molar-refractivity contribution is 5.57. The van der Waals surface area contributed by atoms with Crippen LogP contribution in [0.15, 0.2) is 47.6 Å². The average Bonchev–Trinajstić information content (AvgIpc) is 3.00. The van der Waals surface area contributed by atoms with Gasteiger partial charge in [0.15, 0.2) is 0 Å². The van der Waals surface area contributed by atoms with Crippen LogP contribution in [0.5, 0.6) is 5.75 Å². The Bertz CT molecular complexity index is 787. The summed E-state index contributed by atoms with van der Waals surface area (Å²) in [5.41, 5.74) is 3.43. The number of hydrogen-bond acceptors (Lipinski definition) is 6. The normalized spacial score (nSPS) is 11.2. The molecule has 0 amide bonds. The summed E-state index contributed by atoms with van der Waals surface area (Å²) in [5.74, 6) is 1.64. The fourth-order valence-electron chi connectivity index (χ4n) is 2.00. The molecular formula is C15H16N6O2. The molecule has 0 spiro atoms. The van der Waals surface area contributed by atoms with Crippen molar-refractivity contribution in [3.63, 3.8) is 0 Å². The molecule has 0 saturated heterocycles. The van der Waals surface area contributed by atoms with Gasteiger partial charge in [-0.1, -0.05) is 18.2 Å². The second-order valence-electron chi connectivity index (χ2n) is 4.55. The van der Waals surface area contributed by atoms with Gasteiger partial charge >= 0.3 is 0 Å². The van der Waals surface area contributed by atoms with E-state index in [2.05, 4.69) is 30.4 Å². The summed E-state index contributed by atoms with van der Waals surface area (Å²) in [6.45, 7) is 0.535. The summed E-state index contributed by atoms with van der Waals surface area (Å²) in [4.78, 5) is 17.1. The Balaban J connectivity index is 1.70. The number of aliphatic imine (C=N–C) groups is 1. The van der Waals surface area contributed by atoms with Gasteiger partial charge in [0, 0.05) is 12.6 Å². The zero-order chi connectivity index (χ0) is 15.9. The van der Waals surface area contributed by atoms with E-state index in [0.29, 0.717) is 24.8 Å². The highest BCUT2D eigenvalue weighted by Crippen LogP contribution is 2.11. The SMILES string of the molecule is CON/C=N/c1nc2nccc(CCOc3ccccc3)n2n1. The molecule has 0 aliphatic carbocycles. The van der Waals surface area contributed by atoms with Crippen molar-refractivity contribution < 1.29 is 9.57 Å². The van der Waals surface area contributed by atoms with Crippen molar-refractivity contribution in [2.24, 2.45) is 4.99 Å². The van der Waals surface area contributed by atoms with E-state index in [1.165, 1.54) is 13.4 Å². The van der Waals surface area contributed by atoms with E-state index in [9.17, 15) is 0 Å². The van der Waals surface area contributed by atoms with Gasteiger partial charge in [0.1, 0.15) is 12.1 Å². The maximum absolute atomic E-state index is 5.71. The predicted molar refractivity (Wildman–Crippen MR) is 84.7 cm³/mol. The number of nitrogens with one attached hydrogen (secondary N) is 1. The quantitative estimate of drug-likeness (QED) is 0.405. The summed E-state index contributed by atoms with van der Waals surface area (Å²) in [6, 6.07) is 11.6. The Morgan fingerprint density at radius 3 is 2.96 bits per heavy atom. The van der Waals surface area contributed by atoms with E-state index in [0.717, 1.165) is 11.4 Å². The third kappa shape index (κ3) is 3.80. The maximum atomic E-state index is 5.71. The number of hydrogen-bond donors (Lipinski definition) is 1. The van der Waals surface area contributed by atoms with Crippen molar-refractivity contribution >= 4 is 18.1 Å². The van der Waals surface area contributed by atoms with E-state index in [4.69, 9.17) is 4.74 Å². The molecule has 3 aromatic rings. The molecule has 1 aromatic carbocycles. The minimum Gasteiger partial charge on any atom is -0.493 e. The predicted octanol–water partition coefficient (Wildman–Crippen LogP) is 1.56. The molecule has 0 atom stereocenters. The number of benzene rings is 1. The molecule has 0 radical (unpaired) electrons. The second kappa shape index (κ2) is 7.32. The van der Waals surface area contributed by atoms with E-state index in [1.54, 1.807) is 10.7 Å². The number of aromatic nitrogens is 4. The smallest absolute Gasteiger partial charge is 0.272 e. The molecule has 8 nitrogen and oxygen atoms in total. The topological polar surface area (TPSA) is 85.9 Å². The van der Waals surface area contributed by atoms with Crippen LogP contribution in [0.1, 0.15) is 5.69 Å². The van der Waals surface area contributed by atoms with Gasteiger partial charge < -0.3 is 4.74 Å². The number of para-hydroxylation sites is 1. The van der Waals surface area contributed by atoms with Gasteiger partial charge in [0.05, 0.1) is 19.4 Å². The first-order valence-electron chi connectivity index (χ1n) is 7.06. The number of hydroxylamine groups is 1. The summed E-state index contributed by atoms with van der Waals surface area (Å²) in [7, 11) is 1.50. The average molecular weight is 312 g/mol. The van der Waals surface area contributed by atoms with Crippen molar-refractivity contribution in [2.75, 3.05) is 13.7 Å². The van der Waals surface area contributed by atoms with E-state index < -0.39 is 0 Å². The summed E-state index contributed by atoms with van der Waals surface area (Å²) in [5, 5.41) is 4.30. The molecule has 0 unspecified atom stereocenters. The minimum atomic E-state index is 0.304. The third-order valence-corrected chi connectivity index (χ3v) is 3.03. The lowest BCUT2D eigenvalue weighted by atomic mass is 10.3. The van der Waals surface area contributed by atoms with Crippen LogP contribution in [0.3, 0.4) is 0 Å². The Labute approximate surface area is 132 Å². The van der Waals surface area contributed by atoms with Gasteiger partial charge in [0.2, 0.25) is 0 Å². The van der Waals surface area contributed by atoms with E-state index in [1.807, 2.05) is 36.4 Å². The third-order valence-electron chi connectivity index (χ3n) is 3.03. The molecule has 0 bridgehead atoms. The lowest BCUT2D eigenvalue weighted by Crippen LogP contribution is -2.07. The van der Waals surface area contributed by atoms with Gasteiger partial charge in [-0.3, -0.25) is 10.3 Å². The molecule has 0 saturated carbocycles. The maximum Gasteiger partial charge on any atom is 0.272 e. The first-order valence-corrected chi connectivity index (χ1v) is 7.06. The summed E-state index contributed by atoms with van der Waals surface area (Å²) >= 11 is 0. The molecule has 0 aliphatic rings. The van der Waals surface area contributed by atoms with Crippen molar-refractivity contribution in [1.29, 1.82) is 0 Å². The monoisotopic (exact) mass is 312 g/mol. The van der Waals surface area contributed by atoms with Crippen LogP contribution >= 0.6 is 0 Å². The molecule has 1 N–H and O–H groups in total. The number of ether oxygens (including phenoxy) is 1. The van der Waals surface area contributed by atoms with Crippen molar-refractivity contribution in [1.82, 2.24) is 25.1 Å². The number of nitrogens with zero attached hydrogens (tertiary/aromatic N) is 5. The molecule has 3 rings (SSSR count). The molecule has 2 heterocycles. The van der Waals surface area contributed by atoms with Crippen LogP contribution in [-0.2, 0) is 11.3 Å². The van der Waals surface area contributed by atoms with Crippen LogP contribution in [0, 0.1) is 0 Å². The highest BCUT2D eigenvalue weighted by Gasteiger charge is 2.07. The minimum absolute atomic E-state index is 0.304. The fourth-order valence-corrected chi connectivity index (χ4v) is 2.00. The number of rotatable bonds is 7. The zero-order valence-corrected chi connectivity index (χ0v) is 12.6. The van der Waals surface area contributed by atoms with Gasteiger partial charge in [-0.2, -0.15) is 14.5 Å². The summed E-state index contributed by atoms with van der Waals surface area (Å²) < 4.78 is 7.37. The van der Waals surface area contributed by atoms with Crippen molar-refractivity contribution in [3.05, 3.63) is 48.3 Å². The molecule has 0 aliphatic heterocycles. The molecule has 0 fully saturated rings. The second-order valence-corrected chi connectivity index (χ2v) is 4.55. The van der Waals surface area contributed by atoms with Crippen LogP contribution in [0.4, 0.5) is 5.95 Å². The van der Waals surface area contributed by atoms with Gasteiger partial charge in [0.25, 0.3) is 11.7 Å². The van der Waals surface area contributed by atoms with E-state index in [-0.39, 0.29) is 0 Å². The van der Waals surface area contributed by atoms with E-state index >= 15 is 0 Å². The molecular weight excluding hydrogens is 296 g/mol. The lowest BCUT2D eigenvalue weighted by molar-refractivity contribution is 0.148. The fraction of sp³-hybridized carbons (Fsp3) is 0.200. The largest absolute Gasteiger partial charge is 0.493 e. The molecule has 8 heteroatoms. The highest BCUT2D eigenvalue weighted by atomic mass is 16.6. The lowest BCUT2D eigenvalue weighted by Gasteiger charge is -2.06. The first-order chi connectivity index (χ1) is 11.4. The standard InChI is InChI=1S/C15H16N6O2/c1-22-18-11-17-14-19-15-16-9-7-12(21(15)20-14)8-10-23-13-5-3-2-4-6-13/h2-7,9,11H,8,10H2,1H3,(H,17,18,20). The van der Waals surface area contributed by atoms with Gasteiger partial charge in [-0.05, 0) is 18.2 Å².